The summed E-state index contributed by atoms with van der Waals surface area (Å²) in [5, 5.41) is 2.58. The Balaban J connectivity index is 2.57. The molecule has 4 heteroatoms. The lowest BCUT2D eigenvalue weighted by atomic mass is 10.2. The molecule has 0 saturated carbocycles. The minimum absolute atomic E-state index is 0.288. The van der Waals surface area contributed by atoms with Crippen molar-refractivity contribution in [2.75, 3.05) is 6.54 Å². The molecule has 0 atom stereocenters. The molecule has 0 aliphatic heterocycles. The summed E-state index contributed by atoms with van der Waals surface area (Å²) in [6, 6.07) is 6.25. The molecular weight excluding hydrogens is 273 g/mol. The molecular formula is C12H11BrFNO. The molecule has 0 aliphatic rings. The summed E-state index contributed by atoms with van der Waals surface area (Å²) < 4.78 is 13.8. The lowest BCUT2D eigenvalue weighted by Gasteiger charge is -1.99. The van der Waals surface area contributed by atoms with Gasteiger partial charge in [0, 0.05) is 22.7 Å². The van der Waals surface area contributed by atoms with Gasteiger partial charge in [0.15, 0.2) is 0 Å². The van der Waals surface area contributed by atoms with Crippen molar-refractivity contribution in [1.29, 1.82) is 0 Å². The molecule has 1 amide bonds. The Bertz CT molecular complexity index is 429. The van der Waals surface area contributed by atoms with Crippen LogP contribution in [0.25, 0.3) is 6.08 Å². The molecule has 0 spiro atoms. The van der Waals surface area contributed by atoms with Crippen molar-refractivity contribution in [1.82, 2.24) is 5.32 Å². The van der Waals surface area contributed by atoms with Crippen LogP contribution in [0.1, 0.15) is 5.56 Å². The molecule has 0 bridgehead atoms. The Kier molecular flexibility index (Phi) is 4.92. The molecule has 2 nitrogen and oxygen atoms in total. The quantitative estimate of drug-likeness (QED) is 0.846. The van der Waals surface area contributed by atoms with E-state index in [-0.39, 0.29) is 11.7 Å². The van der Waals surface area contributed by atoms with Gasteiger partial charge < -0.3 is 5.32 Å². The zero-order valence-corrected chi connectivity index (χ0v) is 10.1. The van der Waals surface area contributed by atoms with Crippen LogP contribution in [0.5, 0.6) is 0 Å². The van der Waals surface area contributed by atoms with Gasteiger partial charge >= 0.3 is 0 Å². The van der Waals surface area contributed by atoms with Crippen LogP contribution in [0.2, 0.25) is 0 Å². The average Bonchev–Trinajstić information content (AvgIpc) is 2.25. The smallest absolute Gasteiger partial charge is 0.244 e. The first-order chi connectivity index (χ1) is 7.59. The number of carbonyl (C=O) groups excluding carboxylic acids is 1. The average molecular weight is 284 g/mol. The molecule has 16 heavy (non-hydrogen) atoms. The van der Waals surface area contributed by atoms with E-state index in [2.05, 4.69) is 27.8 Å². The van der Waals surface area contributed by atoms with Crippen molar-refractivity contribution in [3.05, 3.63) is 52.8 Å². The minimum atomic E-state index is -0.351. The monoisotopic (exact) mass is 283 g/mol. The van der Waals surface area contributed by atoms with E-state index in [1.165, 1.54) is 18.2 Å². The van der Waals surface area contributed by atoms with Gasteiger partial charge in [0.05, 0.1) is 0 Å². The Morgan fingerprint density at radius 3 is 2.81 bits per heavy atom. The molecule has 1 aromatic rings. The van der Waals surface area contributed by atoms with E-state index < -0.39 is 0 Å². The van der Waals surface area contributed by atoms with Gasteiger partial charge in [-0.25, -0.2) is 4.39 Å². The first-order valence-corrected chi connectivity index (χ1v) is 5.42. The van der Waals surface area contributed by atoms with Crippen LogP contribution in [0.4, 0.5) is 4.39 Å². The molecule has 1 aromatic carbocycles. The van der Waals surface area contributed by atoms with E-state index in [1.54, 1.807) is 18.2 Å². The van der Waals surface area contributed by atoms with E-state index in [9.17, 15) is 9.18 Å². The van der Waals surface area contributed by atoms with Crippen molar-refractivity contribution in [2.45, 2.75) is 0 Å². The van der Waals surface area contributed by atoms with Gasteiger partial charge in [0.2, 0.25) is 5.91 Å². The number of halogens is 2. The third-order valence-corrected chi connectivity index (χ3v) is 2.05. The Morgan fingerprint density at radius 2 is 2.19 bits per heavy atom. The molecule has 0 radical (unpaired) electrons. The maximum atomic E-state index is 13.1. The highest BCUT2D eigenvalue weighted by Gasteiger charge is 1.98. The largest absolute Gasteiger partial charge is 0.348 e. The molecule has 1 N–H and O–H groups in total. The number of carbonyl (C=O) groups is 1. The molecule has 1 rings (SSSR count). The highest BCUT2D eigenvalue weighted by Crippen LogP contribution is 2.07. The topological polar surface area (TPSA) is 29.1 Å². The van der Waals surface area contributed by atoms with E-state index in [0.717, 1.165) is 0 Å². The van der Waals surface area contributed by atoms with E-state index in [4.69, 9.17) is 0 Å². The first kappa shape index (κ1) is 12.6. The van der Waals surface area contributed by atoms with Crippen molar-refractivity contribution in [3.8, 4) is 0 Å². The van der Waals surface area contributed by atoms with Gasteiger partial charge in [-0.1, -0.05) is 40.7 Å². The predicted molar refractivity (Wildman–Crippen MR) is 66.5 cm³/mol. The number of rotatable bonds is 4. The van der Waals surface area contributed by atoms with Crippen molar-refractivity contribution < 1.29 is 9.18 Å². The van der Waals surface area contributed by atoms with Crippen LogP contribution in [0.15, 0.2) is 41.4 Å². The second-order valence-corrected chi connectivity index (χ2v) is 4.21. The Labute approximate surface area is 102 Å². The summed E-state index contributed by atoms with van der Waals surface area (Å²) in [6.07, 6.45) is 2.72. The second kappa shape index (κ2) is 6.23. The molecule has 0 heterocycles. The fourth-order valence-corrected chi connectivity index (χ4v) is 1.16. The molecule has 84 valence electrons. The first-order valence-electron chi connectivity index (χ1n) is 4.63. The van der Waals surface area contributed by atoms with Crippen molar-refractivity contribution >= 4 is 27.9 Å². The third kappa shape index (κ3) is 4.40. The van der Waals surface area contributed by atoms with E-state index in [0.29, 0.717) is 16.6 Å². The molecule has 0 saturated heterocycles. The number of amides is 1. The summed E-state index contributed by atoms with van der Waals surface area (Å²) in [5.41, 5.74) is 0.385. The fourth-order valence-electron chi connectivity index (χ4n) is 1.02. The lowest BCUT2D eigenvalue weighted by molar-refractivity contribution is -0.116. The van der Waals surface area contributed by atoms with Crippen molar-refractivity contribution in [3.63, 3.8) is 0 Å². The highest BCUT2D eigenvalue weighted by molar-refractivity contribution is 9.11. The molecule has 0 aliphatic carbocycles. The number of hydrogen-bond acceptors (Lipinski definition) is 1. The van der Waals surface area contributed by atoms with Gasteiger partial charge in [0.25, 0.3) is 0 Å². The van der Waals surface area contributed by atoms with Crippen LogP contribution in [0.3, 0.4) is 0 Å². The summed E-state index contributed by atoms with van der Waals surface area (Å²) in [6.45, 7) is 3.93. The maximum absolute atomic E-state index is 13.1. The van der Waals surface area contributed by atoms with Crippen LogP contribution in [0, 0.1) is 5.82 Å². The fraction of sp³-hybridized carbons (Fsp3) is 0.0833. The normalized spacial score (nSPS) is 10.4. The van der Waals surface area contributed by atoms with Gasteiger partial charge in [-0.15, -0.1) is 0 Å². The zero-order chi connectivity index (χ0) is 12.0. The standard InChI is InChI=1S/C12H11BrFNO/c1-9(13)8-15-12(16)7-6-10-4-2-3-5-11(10)14/h2-7H,1,8H2,(H,15,16)/b7-6+. The van der Waals surface area contributed by atoms with Gasteiger partial charge in [-0.2, -0.15) is 0 Å². The molecule has 0 fully saturated rings. The maximum Gasteiger partial charge on any atom is 0.244 e. The van der Waals surface area contributed by atoms with Crippen LogP contribution in [-0.2, 0) is 4.79 Å². The SMILES string of the molecule is C=C(Br)CNC(=O)/C=C/c1ccccc1F. The number of nitrogens with one attached hydrogen (secondary N) is 1. The Hall–Kier alpha value is -1.42. The molecule has 0 aromatic heterocycles. The van der Waals surface area contributed by atoms with Gasteiger partial charge in [-0.05, 0) is 12.1 Å². The summed E-state index contributed by atoms with van der Waals surface area (Å²) in [7, 11) is 0. The lowest BCUT2D eigenvalue weighted by Crippen LogP contribution is -2.21. The predicted octanol–water partition coefficient (Wildman–Crippen LogP) is 2.86. The Morgan fingerprint density at radius 1 is 1.50 bits per heavy atom. The van der Waals surface area contributed by atoms with Crippen LogP contribution >= 0.6 is 15.9 Å². The third-order valence-electron chi connectivity index (χ3n) is 1.77. The summed E-state index contributed by atoms with van der Waals surface area (Å²) in [4.78, 5) is 11.2. The van der Waals surface area contributed by atoms with Gasteiger partial charge in [0.1, 0.15) is 5.82 Å². The van der Waals surface area contributed by atoms with Crippen LogP contribution < -0.4 is 5.32 Å². The van der Waals surface area contributed by atoms with Gasteiger partial charge in [-0.3, -0.25) is 4.79 Å². The minimum Gasteiger partial charge on any atom is -0.348 e. The van der Waals surface area contributed by atoms with Crippen LogP contribution in [-0.4, -0.2) is 12.5 Å². The summed E-state index contributed by atoms with van der Waals surface area (Å²) >= 11 is 3.12. The van der Waals surface area contributed by atoms with E-state index >= 15 is 0 Å². The second-order valence-electron chi connectivity index (χ2n) is 3.09. The number of hydrogen-bond donors (Lipinski definition) is 1. The van der Waals surface area contributed by atoms with Crippen molar-refractivity contribution in [2.24, 2.45) is 0 Å². The van der Waals surface area contributed by atoms with E-state index in [1.807, 2.05) is 0 Å². The highest BCUT2D eigenvalue weighted by atomic mass is 79.9. The number of benzene rings is 1. The summed E-state index contributed by atoms with van der Waals surface area (Å²) in [5.74, 6) is -0.639. The zero-order valence-electron chi connectivity index (χ0n) is 8.54. The molecule has 0 unspecified atom stereocenters.